The smallest absolute Gasteiger partial charge is 0.260 e. The highest BCUT2D eigenvalue weighted by Crippen LogP contribution is 1.69. The first-order valence-electron chi connectivity index (χ1n) is 1.06. The molecule has 0 aliphatic heterocycles. The Balaban J connectivity index is 3.52. The second kappa shape index (κ2) is 2.13. The normalized spacial score (nSPS) is 6.67. The van der Waals surface area contributed by atoms with Crippen molar-refractivity contribution in [1.82, 2.24) is 0 Å². The first-order valence-corrected chi connectivity index (χ1v) is 1.06. The van der Waals surface area contributed by atoms with Crippen molar-refractivity contribution in [2.75, 3.05) is 0 Å². The van der Waals surface area contributed by atoms with E-state index < -0.39 is 5.96 Å². The molecule has 32 valence electrons. The van der Waals surface area contributed by atoms with Gasteiger partial charge in [0.15, 0.2) is 0 Å². The lowest BCUT2D eigenvalue weighted by Gasteiger charge is -1.61. The number of nitrogens with zero attached hydrogens (tertiary/aromatic N) is 2. The van der Waals surface area contributed by atoms with E-state index >= 15 is 0 Å². The van der Waals surface area contributed by atoms with E-state index in [0.717, 1.165) is 0 Å². The van der Waals surface area contributed by atoms with Crippen molar-refractivity contribution in [2.45, 2.75) is 0 Å². The highest BCUT2D eigenvalue weighted by atomic mass is 16.3. The fourth-order valence-corrected chi connectivity index (χ4v) is 0.0167. The summed E-state index contributed by atoms with van der Waals surface area (Å²) in [6.07, 6.45) is 0. The molecule has 0 saturated heterocycles. The summed E-state index contributed by atoms with van der Waals surface area (Å²) in [7, 11) is 0. The van der Waals surface area contributed by atoms with Crippen molar-refractivity contribution >= 4 is 5.96 Å². The van der Waals surface area contributed by atoms with Gasteiger partial charge in [-0.3, -0.25) is 5.41 Å². The summed E-state index contributed by atoms with van der Waals surface area (Å²) in [6.45, 7) is 0. The van der Waals surface area contributed by atoms with Crippen LogP contribution in [0.3, 0.4) is 0 Å². The average Bonchev–Trinajstić information content (AvgIpc) is 1.65. The highest BCUT2D eigenvalue weighted by Gasteiger charge is 1.84. The van der Waals surface area contributed by atoms with Crippen LogP contribution in [-0.2, 0) is 0 Å². The Hall–Kier alpha value is -1.13. The predicted octanol–water partition coefficient (Wildman–Crippen LogP) is 0.454. The number of nitrogens with one attached hydrogen (secondary N) is 1. The Kier molecular flexibility index (Phi) is 1.73. The standard InChI is InChI=1S/CHN3O2/c2-1(3-5)4-6/h2H. The second-order valence-corrected chi connectivity index (χ2v) is 0.506. The van der Waals surface area contributed by atoms with Gasteiger partial charge in [0.2, 0.25) is 0 Å². The van der Waals surface area contributed by atoms with Crippen molar-refractivity contribution in [1.29, 1.82) is 5.41 Å². The van der Waals surface area contributed by atoms with Crippen molar-refractivity contribution in [3.05, 3.63) is 9.81 Å². The lowest BCUT2D eigenvalue weighted by Crippen LogP contribution is -1.75. The third-order valence-corrected chi connectivity index (χ3v) is 0.173. The summed E-state index contributed by atoms with van der Waals surface area (Å²) >= 11 is 0. The van der Waals surface area contributed by atoms with Crippen LogP contribution in [-0.4, -0.2) is 5.96 Å². The summed E-state index contributed by atoms with van der Waals surface area (Å²) in [5.74, 6) is -1.02. The van der Waals surface area contributed by atoms with Crippen molar-refractivity contribution in [3.8, 4) is 0 Å². The van der Waals surface area contributed by atoms with Crippen LogP contribution < -0.4 is 0 Å². The molecule has 0 aromatic carbocycles. The first-order chi connectivity index (χ1) is 2.81. The number of hydrogen-bond donors (Lipinski definition) is 1. The summed E-state index contributed by atoms with van der Waals surface area (Å²) in [5, 5.41) is 9.75. The molecule has 5 heteroatoms. The van der Waals surface area contributed by atoms with Gasteiger partial charge in [0.25, 0.3) is 0 Å². The van der Waals surface area contributed by atoms with Gasteiger partial charge in [-0.25, -0.2) is 0 Å². The number of rotatable bonds is 0. The summed E-state index contributed by atoms with van der Waals surface area (Å²) in [5.41, 5.74) is 0. The lowest BCUT2D eigenvalue weighted by molar-refractivity contribution is 1.35. The van der Waals surface area contributed by atoms with Gasteiger partial charge in [0.1, 0.15) is 0 Å². The van der Waals surface area contributed by atoms with E-state index in [0.29, 0.717) is 0 Å². The van der Waals surface area contributed by atoms with Crippen LogP contribution in [0.4, 0.5) is 0 Å². The minimum atomic E-state index is -1.02. The third kappa shape index (κ3) is 1.22. The van der Waals surface area contributed by atoms with Gasteiger partial charge in [-0.15, -0.1) is 9.81 Å². The van der Waals surface area contributed by atoms with E-state index in [-0.39, 0.29) is 0 Å². The summed E-state index contributed by atoms with van der Waals surface area (Å²) in [4.78, 5) is 17.9. The van der Waals surface area contributed by atoms with E-state index in [2.05, 4.69) is 0 Å². The minimum absolute atomic E-state index is 1.02. The van der Waals surface area contributed by atoms with Gasteiger partial charge in [0, 0.05) is 10.4 Å². The Morgan fingerprint density at radius 3 is 1.67 bits per heavy atom. The Morgan fingerprint density at radius 1 is 1.33 bits per heavy atom. The number of guanidine groups is 1. The molecule has 1 N–H and O–H groups in total. The van der Waals surface area contributed by atoms with Gasteiger partial charge in [-0.1, -0.05) is 0 Å². The zero-order chi connectivity index (χ0) is 4.99. The minimum Gasteiger partial charge on any atom is -0.260 e. The van der Waals surface area contributed by atoms with Gasteiger partial charge < -0.3 is 0 Å². The van der Waals surface area contributed by atoms with Crippen molar-refractivity contribution < 1.29 is 0 Å². The zero-order valence-corrected chi connectivity index (χ0v) is 2.71. The molecule has 0 unspecified atom stereocenters. The predicted molar refractivity (Wildman–Crippen MR) is 19.3 cm³/mol. The molecule has 0 aliphatic rings. The number of nitroso groups, excluding NO2 is 2. The van der Waals surface area contributed by atoms with Crippen LogP contribution >= 0.6 is 0 Å². The first kappa shape index (κ1) is 4.87. The van der Waals surface area contributed by atoms with Gasteiger partial charge in [-0.2, -0.15) is 0 Å². The van der Waals surface area contributed by atoms with E-state index in [9.17, 15) is 0 Å². The Morgan fingerprint density at radius 2 is 1.67 bits per heavy atom. The molecule has 0 rings (SSSR count). The topological polar surface area (TPSA) is 82.7 Å². The van der Waals surface area contributed by atoms with Crippen molar-refractivity contribution in [3.63, 3.8) is 0 Å². The van der Waals surface area contributed by atoms with E-state index in [4.69, 9.17) is 15.2 Å². The second-order valence-electron chi connectivity index (χ2n) is 0.506. The Labute approximate surface area is 32.8 Å². The molecule has 0 aliphatic carbocycles. The molecule has 0 atom stereocenters. The van der Waals surface area contributed by atoms with Crippen molar-refractivity contribution in [2.24, 2.45) is 10.4 Å². The van der Waals surface area contributed by atoms with Crippen LogP contribution in [0.15, 0.2) is 10.4 Å². The van der Waals surface area contributed by atoms with Gasteiger partial charge in [0.05, 0.1) is 0 Å². The van der Waals surface area contributed by atoms with E-state index in [1.54, 1.807) is 0 Å². The molecule has 5 nitrogen and oxygen atoms in total. The average molecular weight is 87.0 g/mol. The maximum absolute atomic E-state index is 8.97. The van der Waals surface area contributed by atoms with Crippen LogP contribution in [0.5, 0.6) is 0 Å². The molecule has 0 aromatic rings. The molecule has 0 radical (unpaired) electrons. The van der Waals surface area contributed by atoms with Gasteiger partial charge in [-0.05, 0) is 0 Å². The monoisotopic (exact) mass is 87.0 g/mol. The lowest BCUT2D eigenvalue weighted by atomic mass is 11.1. The molecular weight excluding hydrogens is 86.0 g/mol. The quantitative estimate of drug-likeness (QED) is 0.264. The molecule has 0 aromatic heterocycles. The zero-order valence-electron chi connectivity index (χ0n) is 2.71. The van der Waals surface area contributed by atoms with Crippen LogP contribution in [0, 0.1) is 15.2 Å². The molecule has 6 heavy (non-hydrogen) atoms. The van der Waals surface area contributed by atoms with E-state index in [1.165, 1.54) is 0 Å². The van der Waals surface area contributed by atoms with E-state index in [1.807, 2.05) is 10.4 Å². The summed E-state index contributed by atoms with van der Waals surface area (Å²) in [6, 6.07) is 0. The molecular formula is CHN3O2. The fraction of sp³-hybridized carbons (Fsp3) is 0. The molecule has 0 spiro atoms. The van der Waals surface area contributed by atoms with Crippen LogP contribution in [0.25, 0.3) is 0 Å². The fourth-order valence-electron chi connectivity index (χ4n) is 0.0167. The maximum atomic E-state index is 8.97. The largest absolute Gasteiger partial charge is 0.324 e. The van der Waals surface area contributed by atoms with Gasteiger partial charge >= 0.3 is 5.96 Å². The maximum Gasteiger partial charge on any atom is 0.324 e. The molecule has 0 fully saturated rings. The summed E-state index contributed by atoms with van der Waals surface area (Å²) < 4.78 is 0. The highest BCUT2D eigenvalue weighted by molar-refractivity contribution is 5.77. The Bertz CT molecular complexity index is 76.8. The molecule has 0 heterocycles. The van der Waals surface area contributed by atoms with Crippen LogP contribution in [0.1, 0.15) is 0 Å². The molecule has 0 amide bonds. The number of hydrogen-bond acceptors (Lipinski definition) is 3. The molecule has 0 saturated carbocycles. The molecule has 0 bridgehead atoms. The SMILES string of the molecule is N=C(N=O)N=O. The third-order valence-electron chi connectivity index (χ3n) is 0.173. The van der Waals surface area contributed by atoms with Crippen LogP contribution in [0.2, 0.25) is 0 Å².